The molecule has 0 aliphatic rings. The first kappa shape index (κ1) is 13.9. The van der Waals surface area contributed by atoms with Gasteiger partial charge in [-0.2, -0.15) is 0 Å². The predicted octanol–water partition coefficient (Wildman–Crippen LogP) is 3.91. The third kappa shape index (κ3) is 2.73. The van der Waals surface area contributed by atoms with Gasteiger partial charge in [-0.05, 0) is 12.1 Å². The molecule has 1 heterocycles. The van der Waals surface area contributed by atoms with Crippen molar-refractivity contribution < 1.29 is 4.92 Å². The van der Waals surface area contributed by atoms with Crippen LogP contribution in [0.5, 0.6) is 0 Å². The number of nitrogens with zero attached hydrogens (tertiary/aromatic N) is 1. The fourth-order valence-corrected chi connectivity index (χ4v) is 2.24. The highest BCUT2D eigenvalue weighted by Crippen LogP contribution is 2.36. The highest BCUT2D eigenvalue weighted by atomic mass is 35.5. The van der Waals surface area contributed by atoms with Gasteiger partial charge in [0.1, 0.15) is 0 Å². The van der Waals surface area contributed by atoms with Gasteiger partial charge in [0.25, 0.3) is 0 Å². The van der Waals surface area contributed by atoms with E-state index in [-0.39, 0.29) is 10.0 Å². The molecule has 0 atom stereocenters. The zero-order valence-corrected chi connectivity index (χ0v) is 11.4. The van der Waals surface area contributed by atoms with Crippen LogP contribution in [0.2, 0.25) is 15.1 Å². The molecule has 0 saturated heterocycles. The Labute approximate surface area is 121 Å². The van der Waals surface area contributed by atoms with Gasteiger partial charge in [-0.1, -0.05) is 34.8 Å². The average Bonchev–Trinajstić information content (AvgIpc) is 2.34. The van der Waals surface area contributed by atoms with Gasteiger partial charge >= 0.3 is 11.2 Å². The highest BCUT2D eigenvalue weighted by Gasteiger charge is 2.16. The lowest BCUT2D eigenvalue weighted by Gasteiger charge is -2.06. The second-order valence-corrected chi connectivity index (χ2v) is 4.83. The maximum Gasteiger partial charge on any atom is 0.334 e. The van der Waals surface area contributed by atoms with Gasteiger partial charge in [0.05, 0.1) is 15.0 Å². The number of aromatic amines is 1. The van der Waals surface area contributed by atoms with Crippen LogP contribution in [-0.2, 0) is 0 Å². The van der Waals surface area contributed by atoms with Crippen LogP contribution >= 0.6 is 34.8 Å². The van der Waals surface area contributed by atoms with Crippen LogP contribution in [-0.4, -0.2) is 9.91 Å². The van der Waals surface area contributed by atoms with Crippen molar-refractivity contribution in [1.29, 1.82) is 0 Å². The van der Waals surface area contributed by atoms with Crippen LogP contribution in [0.25, 0.3) is 11.1 Å². The normalized spacial score (nSPS) is 10.5. The number of rotatable bonds is 2. The molecule has 0 radical (unpaired) electrons. The lowest BCUT2D eigenvalue weighted by molar-refractivity contribution is -0.386. The Hall–Kier alpha value is -1.56. The van der Waals surface area contributed by atoms with E-state index in [1.807, 2.05) is 0 Å². The number of hydrogen-bond acceptors (Lipinski definition) is 3. The summed E-state index contributed by atoms with van der Waals surface area (Å²) in [5, 5.41) is 11.5. The minimum absolute atomic E-state index is 0.201. The first-order chi connectivity index (χ1) is 8.90. The van der Waals surface area contributed by atoms with Gasteiger partial charge in [0.2, 0.25) is 0 Å². The zero-order chi connectivity index (χ0) is 14.2. The van der Waals surface area contributed by atoms with Gasteiger partial charge < -0.3 is 4.98 Å². The van der Waals surface area contributed by atoms with Crippen LogP contribution in [0, 0.1) is 10.1 Å². The van der Waals surface area contributed by atoms with E-state index in [2.05, 4.69) is 4.98 Å². The topological polar surface area (TPSA) is 76.0 Å². The third-order valence-electron chi connectivity index (χ3n) is 2.38. The first-order valence-electron chi connectivity index (χ1n) is 4.92. The maximum atomic E-state index is 11.3. The van der Waals surface area contributed by atoms with E-state index in [9.17, 15) is 14.9 Å². The lowest BCUT2D eigenvalue weighted by Crippen LogP contribution is -2.10. The van der Waals surface area contributed by atoms with E-state index in [1.165, 1.54) is 18.3 Å². The summed E-state index contributed by atoms with van der Waals surface area (Å²) in [6.07, 6.45) is 1.31. The van der Waals surface area contributed by atoms with Gasteiger partial charge in [-0.25, -0.2) is 0 Å². The number of nitro groups is 1. The predicted molar refractivity (Wildman–Crippen MR) is 74.2 cm³/mol. The molecular weight excluding hydrogens is 314 g/mol. The molecule has 1 N–H and O–H groups in total. The minimum Gasteiger partial charge on any atom is -0.323 e. The van der Waals surface area contributed by atoms with E-state index in [4.69, 9.17) is 34.8 Å². The summed E-state index contributed by atoms with van der Waals surface area (Å²) in [4.78, 5) is 23.5. The Morgan fingerprint density at radius 2 is 1.84 bits per heavy atom. The number of H-pyrrole nitrogens is 1. The van der Waals surface area contributed by atoms with Crippen molar-refractivity contribution in [2.75, 3.05) is 0 Å². The van der Waals surface area contributed by atoms with E-state index in [1.54, 1.807) is 0 Å². The molecule has 0 amide bonds. The smallest absolute Gasteiger partial charge is 0.323 e. The van der Waals surface area contributed by atoms with Gasteiger partial charge in [0.15, 0.2) is 0 Å². The average molecular weight is 320 g/mol. The van der Waals surface area contributed by atoms with Crippen molar-refractivity contribution in [1.82, 2.24) is 4.98 Å². The van der Waals surface area contributed by atoms with E-state index < -0.39 is 16.2 Å². The lowest BCUT2D eigenvalue weighted by atomic mass is 10.1. The zero-order valence-electron chi connectivity index (χ0n) is 9.12. The van der Waals surface area contributed by atoms with Crippen molar-refractivity contribution in [2.24, 2.45) is 0 Å². The summed E-state index contributed by atoms with van der Waals surface area (Å²) in [5.41, 5.74) is -0.623. The second kappa shape index (κ2) is 5.21. The number of halogens is 3. The molecule has 2 aromatic rings. The van der Waals surface area contributed by atoms with Crippen LogP contribution < -0.4 is 5.56 Å². The molecule has 98 valence electrons. The summed E-state index contributed by atoms with van der Waals surface area (Å²) >= 11 is 17.8. The second-order valence-electron chi connectivity index (χ2n) is 3.61. The molecule has 5 nitrogen and oxygen atoms in total. The molecule has 0 spiro atoms. The molecule has 1 aromatic carbocycles. The number of hydrogen-bond donors (Lipinski definition) is 1. The molecule has 8 heteroatoms. The van der Waals surface area contributed by atoms with E-state index in [0.29, 0.717) is 16.1 Å². The molecule has 0 fully saturated rings. The van der Waals surface area contributed by atoms with Crippen molar-refractivity contribution in [2.45, 2.75) is 0 Å². The molecule has 0 aliphatic heterocycles. The highest BCUT2D eigenvalue weighted by molar-refractivity contribution is 6.45. The SMILES string of the molecule is O=c1[nH]cc(-c2cc(Cl)cc(Cl)c2Cl)cc1[N+](=O)[O-]. The fraction of sp³-hybridized carbons (Fsp3) is 0. The molecule has 19 heavy (non-hydrogen) atoms. The number of nitrogens with one attached hydrogen (secondary N) is 1. The van der Waals surface area contributed by atoms with Crippen LogP contribution in [0.4, 0.5) is 5.69 Å². The Bertz CT molecular complexity index is 728. The van der Waals surface area contributed by atoms with Crippen molar-refractivity contribution in [3.8, 4) is 11.1 Å². The molecule has 0 bridgehead atoms. The van der Waals surface area contributed by atoms with E-state index in [0.717, 1.165) is 6.07 Å². The number of benzene rings is 1. The monoisotopic (exact) mass is 318 g/mol. The van der Waals surface area contributed by atoms with Crippen LogP contribution in [0.1, 0.15) is 0 Å². The Morgan fingerprint density at radius 1 is 1.16 bits per heavy atom. The van der Waals surface area contributed by atoms with Gasteiger partial charge in [-0.15, -0.1) is 0 Å². The largest absolute Gasteiger partial charge is 0.334 e. The third-order valence-corrected chi connectivity index (χ3v) is 3.40. The summed E-state index contributed by atoms with van der Waals surface area (Å²) in [7, 11) is 0. The van der Waals surface area contributed by atoms with Gasteiger partial charge in [-0.3, -0.25) is 14.9 Å². The summed E-state index contributed by atoms with van der Waals surface area (Å²) in [6, 6.07) is 4.08. The number of pyridine rings is 1. The van der Waals surface area contributed by atoms with Crippen molar-refractivity contribution >= 4 is 40.5 Å². The van der Waals surface area contributed by atoms with Gasteiger partial charge in [0, 0.05) is 28.4 Å². The first-order valence-corrected chi connectivity index (χ1v) is 6.05. The molecule has 0 unspecified atom stereocenters. The Morgan fingerprint density at radius 3 is 2.47 bits per heavy atom. The molecule has 0 saturated carbocycles. The standard InChI is InChI=1S/C11H5Cl3N2O3/c12-6-2-7(10(14)8(13)3-6)5-1-9(16(18)19)11(17)15-4-5/h1-4H,(H,15,17). The van der Waals surface area contributed by atoms with Crippen molar-refractivity contribution in [3.05, 3.63) is 59.9 Å². The molecular formula is C11H5Cl3N2O3. The summed E-state index contributed by atoms with van der Waals surface area (Å²) < 4.78 is 0. The molecule has 2 rings (SSSR count). The van der Waals surface area contributed by atoms with Crippen LogP contribution in [0.15, 0.2) is 29.2 Å². The van der Waals surface area contributed by atoms with Crippen molar-refractivity contribution in [3.63, 3.8) is 0 Å². The maximum absolute atomic E-state index is 11.3. The Balaban J connectivity index is 2.69. The number of aromatic nitrogens is 1. The Kier molecular flexibility index (Phi) is 3.80. The summed E-state index contributed by atoms with van der Waals surface area (Å²) in [5.74, 6) is 0. The quantitative estimate of drug-likeness (QED) is 0.518. The minimum atomic E-state index is -0.794. The van der Waals surface area contributed by atoms with Crippen LogP contribution in [0.3, 0.4) is 0 Å². The molecule has 1 aromatic heterocycles. The molecule has 0 aliphatic carbocycles. The summed E-state index contributed by atoms with van der Waals surface area (Å²) in [6.45, 7) is 0. The van der Waals surface area contributed by atoms with E-state index >= 15 is 0 Å². The fourth-order valence-electron chi connectivity index (χ4n) is 1.53.